The summed E-state index contributed by atoms with van der Waals surface area (Å²) in [5, 5.41) is 0. The number of hydrogen-bond donors (Lipinski definition) is 1. The van der Waals surface area contributed by atoms with Crippen LogP contribution in [0.5, 0.6) is 5.88 Å². The van der Waals surface area contributed by atoms with Crippen LogP contribution in [0.25, 0.3) is 0 Å². The number of carbonyl (C=O) groups excluding carboxylic acids is 1. The van der Waals surface area contributed by atoms with Gasteiger partial charge >= 0.3 is 0 Å². The Morgan fingerprint density at radius 3 is 2.83 bits per heavy atom. The van der Waals surface area contributed by atoms with Crippen molar-refractivity contribution >= 4 is 5.91 Å². The summed E-state index contributed by atoms with van der Waals surface area (Å²) in [6.45, 7) is 2.36. The molecule has 0 fully saturated rings. The zero-order valence-electron chi connectivity index (χ0n) is 6.65. The minimum absolute atomic E-state index is 0. The van der Waals surface area contributed by atoms with Crippen molar-refractivity contribution in [1.82, 2.24) is 9.97 Å². The summed E-state index contributed by atoms with van der Waals surface area (Å²) in [4.78, 5) is 18.1. The largest absolute Gasteiger partial charge is 0.477 e. The molecule has 1 aromatic heterocycles. The second-order valence-electron chi connectivity index (χ2n) is 2.04. The first-order chi connectivity index (χ1) is 5.74. The SMILES string of the molecule is CCOc1cnc(C(N)=O)cn1.[HH]. The van der Waals surface area contributed by atoms with Crippen LogP contribution in [0.15, 0.2) is 12.4 Å². The van der Waals surface area contributed by atoms with E-state index in [9.17, 15) is 4.79 Å². The number of ether oxygens (including phenoxy) is 1. The summed E-state index contributed by atoms with van der Waals surface area (Å²) in [7, 11) is 0. The van der Waals surface area contributed by atoms with Crippen molar-refractivity contribution in [2.45, 2.75) is 6.92 Å². The Balaban J connectivity index is 0.00000144. The van der Waals surface area contributed by atoms with E-state index < -0.39 is 5.91 Å². The van der Waals surface area contributed by atoms with Crippen LogP contribution >= 0.6 is 0 Å². The zero-order valence-corrected chi connectivity index (χ0v) is 6.65. The number of primary amides is 1. The third kappa shape index (κ3) is 1.91. The molecule has 0 aromatic carbocycles. The highest BCUT2D eigenvalue weighted by molar-refractivity contribution is 5.90. The standard InChI is InChI=1S/C7H9N3O2.H2/c1-2-12-6-4-9-5(3-10-6)7(8)11;/h3-4H,2H2,1H3,(H2,8,11);1H. The molecule has 0 saturated heterocycles. The number of aromatic nitrogens is 2. The Morgan fingerprint density at radius 2 is 2.42 bits per heavy atom. The molecule has 0 unspecified atom stereocenters. The van der Waals surface area contributed by atoms with Gasteiger partial charge in [0.1, 0.15) is 5.69 Å². The van der Waals surface area contributed by atoms with Crippen LogP contribution in [0.3, 0.4) is 0 Å². The molecule has 1 rings (SSSR count). The summed E-state index contributed by atoms with van der Waals surface area (Å²) in [5.74, 6) is -0.201. The Bertz CT molecular complexity index is 276. The summed E-state index contributed by atoms with van der Waals surface area (Å²) in [5.41, 5.74) is 5.09. The topological polar surface area (TPSA) is 78.1 Å². The van der Waals surface area contributed by atoms with Crippen molar-refractivity contribution in [3.8, 4) is 5.88 Å². The smallest absolute Gasteiger partial charge is 0.268 e. The average Bonchev–Trinajstić information content (AvgIpc) is 2.06. The van der Waals surface area contributed by atoms with Gasteiger partial charge in [0.05, 0.1) is 19.0 Å². The van der Waals surface area contributed by atoms with Crippen LogP contribution in [0.1, 0.15) is 18.8 Å². The molecule has 0 spiro atoms. The van der Waals surface area contributed by atoms with E-state index in [-0.39, 0.29) is 7.12 Å². The van der Waals surface area contributed by atoms with Gasteiger partial charge in [-0.2, -0.15) is 0 Å². The highest BCUT2D eigenvalue weighted by Crippen LogP contribution is 2.02. The molecule has 0 atom stereocenters. The molecule has 2 N–H and O–H groups in total. The van der Waals surface area contributed by atoms with E-state index in [1.54, 1.807) is 0 Å². The van der Waals surface area contributed by atoms with Gasteiger partial charge in [-0.05, 0) is 6.92 Å². The van der Waals surface area contributed by atoms with Crippen LogP contribution in [0.4, 0.5) is 0 Å². The maximum Gasteiger partial charge on any atom is 0.268 e. The van der Waals surface area contributed by atoms with E-state index in [1.165, 1.54) is 12.4 Å². The number of nitrogens with two attached hydrogens (primary N) is 1. The lowest BCUT2D eigenvalue weighted by atomic mass is 10.4. The molecule has 5 heteroatoms. The number of hydrogen-bond acceptors (Lipinski definition) is 4. The molecule has 1 heterocycles. The molecule has 0 aliphatic rings. The first kappa shape index (κ1) is 8.45. The van der Waals surface area contributed by atoms with Gasteiger partial charge in [-0.1, -0.05) is 0 Å². The van der Waals surface area contributed by atoms with Gasteiger partial charge in [0.15, 0.2) is 0 Å². The number of carbonyl (C=O) groups is 1. The van der Waals surface area contributed by atoms with Gasteiger partial charge in [0, 0.05) is 1.43 Å². The van der Waals surface area contributed by atoms with Crippen LogP contribution in [0.2, 0.25) is 0 Å². The van der Waals surface area contributed by atoms with E-state index in [0.29, 0.717) is 12.5 Å². The fourth-order valence-corrected chi connectivity index (χ4v) is 0.666. The lowest BCUT2D eigenvalue weighted by Gasteiger charge is -1.99. The molecule has 0 aliphatic carbocycles. The van der Waals surface area contributed by atoms with Gasteiger partial charge in [-0.25, -0.2) is 9.97 Å². The molecular weight excluding hydrogens is 158 g/mol. The van der Waals surface area contributed by atoms with Gasteiger partial charge in [0.2, 0.25) is 5.88 Å². The van der Waals surface area contributed by atoms with Crippen LogP contribution < -0.4 is 10.5 Å². The molecule has 66 valence electrons. The number of rotatable bonds is 3. The zero-order chi connectivity index (χ0) is 8.97. The van der Waals surface area contributed by atoms with Crippen molar-refractivity contribution in [3.63, 3.8) is 0 Å². The van der Waals surface area contributed by atoms with Gasteiger partial charge in [-0.15, -0.1) is 0 Å². The summed E-state index contributed by atoms with van der Waals surface area (Å²) in [6.07, 6.45) is 2.65. The van der Waals surface area contributed by atoms with E-state index >= 15 is 0 Å². The molecule has 0 saturated carbocycles. The molecular formula is C7H11N3O2. The van der Waals surface area contributed by atoms with E-state index in [2.05, 4.69) is 9.97 Å². The molecule has 0 radical (unpaired) electrons. The highest BCUT2D eigenvalue weighted by Gasteiger charge is 2.01. The van der Waals surface area contributed by atoms with Crippen LogP contribution in [-0.2, 0) is 0 Å². The van der Waals surface area contributed by atoms with Crippen molar-refractivity contribution in [2.24, 2.45) is 5.73 Å². The van der Waals surface area contributed by atoms with Crippen molar-refractivity contribution in [1.29, 1.82) is 0 Å². The van der Waals surface area contributed by atoms with Gasteiger partial charge in [-0.3, -0.25) is 4.79 Å². The first-order valence-corrected chi connectivity index (χ1v) is 3.48. The van der Waals surface area contributed by atoms with Crippen molar-refractivity contribution < 1.29 is 11.0 Å². The first-order valence-electron chi connectivity index (χ1n) is 3.48. The Morgan fingerprint density at radius 1 is 1.67 bits per heavy atom. The normalized spacial score (nSPS) is 9.42. The Labute approximate surface area is 71.1 Å². The molecule has 5 nitrogen and oxygen atoms in total. The quantitative estimate of drug-likeness (QED) is 0.702. The molecule has 12 heavy (non-hydrogen) atoms. The molecule has 0 bridgehead atoms. The van der Waals surface area contributed by atoms with E-state index in [1.807, 2.05) is 6.92 Å². The monoisotopic (exact) mass is 169 g/mol. The number of nitrogens with zero attached hydrogens (tertiary/aromatic N) is 2. The maximum absolute atomic E-state index is 10.5. The third-order valence-electron chi connectivity index (χ3n) is 1.17. The van der Waals surface area contributed by atoms with E-state index in [4.69, 9.17) is 10.5 Å². The maximum atomic E-state index is 10.5. The second kappa shape index (κ2) is 3.66. The van der Waals surface area contributed by atoms with Crippen LogP contribution in [-0.4, -0.2) is 22.5 Å². The Kier molecular flexibility index (Phi) is 2.57. The minimum atomic E-state index is -0.592. The summed E-state index contributed by atoms with van der Waals surface area (Å²) >= 11 is 0. The average molecular weight is 169 g/mol. The lowest BCUT2D eigenvalue weighted by Crippen LogP contribution is -2.13. The summed E-state index contributed by atoms with van der Waals surface area (Å²) < 4.78 is 5.01. The fourth-order valence-electron chi connectivity index (χ4n) is 0.666. The second-order valence-corrected chi connectivity index (χ2v) is 2.04. The predicted molar refractivity (Wildman–Crippen MR) is 43.8 cm³/mol. The van der Waals surface area contributed by atoms with E-state index in [0.717, 1.165) is 0 Å². The predicted octanol–water partition coefficient (Wildman–Crippen LogP) is 0.220. The molecule has 1 aromatic rings. The number of amides is 1. The minimum Gasteiger partial charge on any atom is -0.477 e. The van der Waals surface area contributed by atoms with Gasteiger partial charge in [0.25, 0.3) is 5.91 Å². The molecule has 0 aliphatic heterocycles. The molecule has 1 amide bonds. The third-order valence-corrected chi connectivity index (χ3v) is 1.17. The van der Waals surface area contributed by atoms with Gasteiger partial charge < -0.3 is 10.5 Å². The fraction of sp³-hybridized carbons (Fsp3) is 0.286. The highest BCUT2D eigenvalue weighted by atomic mass is 16.5. The van der Waals surface area contributed by atoms with Crippen LogP contribution in [0, 0.1) is 0 Å². The Hall–Kier alpha value is -1.65. The lowest BCUT2D eigenvalue weighted by molar-refractivity contribution is 0.0995. The van der Waals surface area contributed by atoms with Crippen molar-refractivity contribution in [2.75, 3.05) is 6.61 Å². The van der Waals surface area contributed by atoms with Crippen molar-refractivity contribution in [3.05, 3.63) is 18.1 Å². The summed E-state index contributed by atoms with van der Waals surface area (Å²) in [6, 6.07) is 0.